The average molecular weight is 498 g/mol. The molecule has 0 radical (unpaired) electrons. The summed E-state index contributed by atoms with van der Waals surface area (Å²) in [5.41, 5.74) is 4.27. The lowest BCUT2D eigenvalue weighted by molar-refractivity contribution is -0.181. The number of hydrogen-bond donors (Lipinski definition) is 3. The molecule has 0 aromatic heterocycles. The Hall–Kier alpha value is -2.95. The Morgan fingerprint density at radius 3 is 2.42 bits per heavy atom. The minimum absolute atomic E-state index is 0.0540. The van der Waals surface area contributed by atoms with Crippen molar-refractivity contribution in [2.45, 2.75) is 43.9 Å². The van der Waals surface area contributed by atoms with Crippen LogP contribution in [0.1, 0.15) is 40.7 Å². The molecule has 3 fully saturated rings. The van der Waals surface area contributed by atoms with Gasteiger partial charge in [-0.15, -0.1) is 0 Å². The Morgan fingerprint density at radius 1 is 1.14 bits per heavy atom. The predicted octanol–water partition coefficient (Wildman–Crippen LogP) is -0.537. The third-order valence-electron chi connectivity index (χ3n) is 8.63. The highest BCUT2D eigenvalue weighted by molar-refractivity contribution is 6.32. The highest BCUT2D eigenvalue weighted by Gasteiger charge is 2.69. The molecule has 10 heteroatoms. The van der Waals surface area contributed by atoms with Crippen molar-refractivity contribution in [2.24, 2.45) is 29.4 Å². The molecule has 1 amide bonds. The third kappa shape index (κ3) is 3.38. The van der Waals surface area contributed by atoms with E-state index >= 15 is 0 Å². The summed E-state index contributed by atoms with van der Waals surface area (Å²) < 4.78 is 0. The van der Waals surface area contributed by atoms with E-state index in [0.29, 0.717) is 18.5 Å². The molecule has 1 aromatic carbocycles. The number of phenols is 1. The van der Waals surface area contributed by atoms with Crippen molar-refractivity contribution in [3.63, 3.8) is 0 Å². The zero-order valence-corrected chi connectivity index (χ0v) is 20.4. The Kier molecular flexibility index (Phi) is 5.89. The number of likely N-dealkylation sites (tertiary alicyclic amines) is 1. The summed E-state index contributed by atoms with van der Waals surface area (Å²) in [6.07, 6.45) is 2.55. The molecule has 4 N–H and O–H groups in total. The van der Waals surface area contributed by atoms with Crippen molar-refractivity contribution >= 4 is 29.0 Å². The molecular formula is C26H31N3O7. The number of fused-ring (bicyclic) bond motifs is 3. The van der Waals surface area contributed by atoms with Gasteiger partial charge in [-0.05, 0) is 76.0 Å². The molecule has 0 bridgehead atoms. The first-order chi connectivity index (χ1) is 17.0. The lowest BCUT2D eigenvalue weighted by Crippen LogP contribution is -2.74. The van der Waals surface area contributed by atoms with Crippen molar-refractivity contribution in [3.8, 4) is 5.75 Å². The fourth-order valence-electron chi connectivity index (χ4n) is 7.00. The number of primary amides is 1. The Morgan fingerprint density at radius 2 is 1.81 bits per heavy atom. The number of hydrogen-bond acceptors (Lipinski definition) is 9. The number of aliphatic hydroxyl groups is 1. The summed E-state index contributed by atoms with van der Waals surface area (Å²) in [4.78, 5) is 69.7. The Bertz CT molecular complexity index is 1190. The van der Waals surface area contributed by atoms with E-state index in [1.807, 2.05) is 0 Å². The van der Waals surface area contributed by atoms with Gasteiger partial charge in [0.1, 0.15) is 5.75 Å². The van der Waals surface area contributed by atoms with Gasteiger partial charge >= 0.3 is 0 Å². The average Bonchev–Trinajstić information content (AvgIpc) is 3.31. The molecule has 2 saturated carbocycles. The van der Waals surface area contributed by atoms with Crippen LogP contribution in [0.25, 0.3) is 0 Å². The minimum atomic E-state index is -2.69. The number of benzene rings is 1. The molecule has 0 spiro atoms. The van der Waals surface area contributed by atoms with Crippen molar-refractivity contribution in [1.82, 2.24) is 9.80 Å². The molecule has 6 atom stereocenters. The number of amides is 1. The number of rotatable bonds is 4. The summed E-state index contributed by atoms with van der Waals surface area (Å²) >= 11 is 0. The first-order valence-electron chi connectivity index (χ1n) is 12.4. The van der Waals surface area contributed by atoms with Gasteiger partial charge in [0.05, 0.1) is 17.5 Å². The van der Waals surface area contributed by atoms with Crippen LogP contribution in [0.5, 0.6) is 5.75 Å². The van der Waals surface area contributed by atoms with E-state index in [4.69, 9.17) is 5.73 Å². The van der Waals surface area contributed by atoms with Crippen LogP contribution in [0.15, 0.2) is 12.1 Å². The first-order valence-corrected chi connectivity index (χ1v) is 12.4. The fourth-order valence-corrected chi connectivity index (χ4v) is 7.00. The summed E-state index contributed by atoms with van der Waals surface area (Å²) in [6.45, 7) is 2.50. The summed E-state index contributed by atoms with van der Waals surface area (Å²) in [5.74, 6) is -10.1. The van der Waals surface area contributed by atoms with Crippen molar-refractivity contribution < 1.29 is 34.2 Å². The molecule has 5 rings (SSSR count). The lowest BCUT2D eigenvalue weighted by atomic mass is 9.52. The maximum absolute atomic E-state index is 13.8. The number of likely N-dealkylation sites (N-methyl/N-ethyl adjacent to an activating group) is 1. The van der Waals surface area contributed by atoms with E-state index in [0.717, 1.165) is 31.5 Å². The van der Waals surface area contributed by atoms with Crippen molar-refractivity contribution in [2.75, 3.05) is 27.2 Å². The molecular weight excluding hydrogens is 466 g/mol. The fraction of sp³-hybridized carbons (Fsp3) is 0.577. The maximum Gasteiger partial charge on any atom is 0.235 e. The second kappa shape index (κ2) is 8.57. The largest absolute Gasteiger partial charge is 0.507 e. The van der Waals surface area contributed by atoms with Gasteiger partial charge in [0.2, 0.25) is 5.91 Å². The van der Waals surface area contributed by atoms with Gasteiger partial charge in [0.15, 0.2) is 34.7 Å². The number of aromatic hydroxyl groups is 1. The van der Waals surface area contributed by atoms with Gasteiger partial charge in [0, 0.05) is 12.5 Å². The second-order valence-electron chi connectivity index (χ2n) is 10.9. The van der Waals surface area contributed by atoms with E-state index in [2.05, 4.69) is 4.90 Å². The smallest absolute Gasteiger partial charge is 0.235 e. The number of carbonyl (C=O) groups excluding carboxylic acids is 5. The molecule has 2 unspecified atom stereocenters. The van der Waals surface area contributed by atoms with E-state index in [1.54, 1.807) is 20.2 Å². The predicted molar refractivity (Wildman–Crippen MR) is 126 cm³/mol. The van der Waals surface area contributed by atoms with Gasteiger partial charge in [-0.2, -0.15) is 0 Å². The molecule has 3 aliphatic carbocycles. The molecule has 1 heterocycles. The van der Waals surface area contributed by atoms with E-state index in [-0.39, 0.29) is 17.7 Å². The van der Waals surface area contributed by atoms with Crippen LogP contribution >= 0.6 is 0 Å². The normalized spacial score (nSPS) is 34.5. The van der Waals surface area contributed by atoms with Crippen LogP contribution in [0.4, 0.5) is 0 Å². The van der Waals surface area contributed by atoms with Crippen LogP contribution < -0.4 is 5.73 Å². The number of carbonyl (C=O) groups is 5. The van der Waals surface area contributed by atoms with Gasteiger partial charge in [-0.1, -0.05) is 6.07 Å². The SMILES string of the molecule is CN(C)[C@H]1C(=O)C(C(N)=O)C(=O)[C@]2(O)C(=O)C3C(=O)c4c(O)ccc(CN5CCCC5)c4C[C@@H]3C[C@H]12. The number of Topliss-reactive ketones (excluding diaryl/α,β-unsaturated/α-hetero) is 4. The molecule has 10 nitrogen and oxygen atoms in total. The first kappa shape index (κ1) is 24.7. The minimum Gasteiger partial charge on any atom is -0.507 e. The zero-order valence-electron chi connectivity index (χ0n) is 20.4. The van der Waals surface area contributed by atoms with Crippen LogP contribution in [0, 0.1) is 23.7 Å². The van der Waals surface area contributed by atoms with Crippen LogP contribution in [-0.4, -0.2) is 87.9 Å². The third-order valence-corrected chi connectivity index (χ3v) is 8.63. The zero-order chi connectivity index (χ0) is 26.1. The topological polar surface area (TPSA) is 158 Å². The van der Waals surface area contributed by atoms with Crippen molar-refractivity contribution in [3.05, 3.63) is 28.8 Å². The monoisotopic (exact) mass is 497 g/mol. The number of ketones is 4. The number of nitrogens with zero attached hydrogens (tertiary/aromatic N) is 2. The Labute approximate surface area is 208 Å². The van der Waals surface area contributed by atoms with Crippen LogP contribution in [-0.2, 0) is 32.1 Å². The highest BCUT2D eigenvalue weighted by atomic mass is 16.3. The Balaban J connectivity index is 1.59. The van der Waals surface area contributed by atoms with E-state index in [9.17, 15) is 34.2 Å². The van der Waals surface area contributed by atoms with E-state index in [1.165, 1.54) is 11.0 Å². The quantitative estimate of drug-likeness (QED) is 0.465. The number of nitrogens with two attached hydrogens (primary N) is 1. The molecule has 1 aliphatic heterocycles. The maximum atomic E-state index is 13.8. The van der Waals surface area contributed by atoms with Gasteiger partial charge in [0.25, 0.3) is 0 Å². The van der Waals surface area contributed by atoms with Crippen molar-refractivity contribution in [1.29, 1.82) is 0 Å². The van der Waals surface area contributed by atoms with Gasteiger partial charge in [-0.25, -0.2) is 0 Å². The number of phenolic OH excluding ortho intramolecular Hbond substituents is 1. The second-order valence-corrected chi connectivity index (χ2v) is 10.9. The van der Waals surface area contributed by atoms with E-state index < -0.39 is 64.4 Å². The van der Waals surface area contributed by atoms with Gasteiger partial charge < -0.3 is 15.9 Å². The van der Waals surface area contributed by atoms with Gasteiger partial charge in [-0.3, -0.25) is 33.8 Å². The molecule has 1 saturated heterocycles. The summed E-state index contributed by atoms with van der Waals surface area (Å²) in [5, 5.41) is 22.2. The van der Waals surface area contributed by atoms with Crippen LogP contribution in [0.2, 0.25) is 0 Å². The molecule has 1 aromatic rings. The molecule has 36 heavy (non-hydrogen) atoms. The van der Waals surface area contributed by atoms with Crippen LogP contribution in [0.3, 0.4) is 0 Å². The lowest BCUT2D eigenvalue weighted by Gasteiger charge is -2.52. The summed E-state index contributed by atoms with van der Waals surface area (Å²) in [7, 11) is 3.14. The highest BCUT2D eigenvalue weighted by Crippen LogP contribution is 2.51. The standard InChI is InChI=1S/C26H31N3O7/c1-28(2)20-15-10-13-9-14-12(11-29-7-3-4-8-29)5-6-16(30)18(14)21(31)17(13)23(33)26(15,36)24(34)19(22(20)32)25(27)35/h5-6,13,15,17,19-20,30,36H,3-4,7-11H2,1-2H3,(H2,27,35)/t13-,15-,17?,19?,20-,26-/m1/s1. The summed E-state index contributed by atoms with van der Waals surface area (Å²) in [6, 6.07) is 2.15. The molecule has 192 valence electrons. The molecule has 4 aliphatic rings.